The summed E-state index contributed by atoms with van der Waals surface area (Å²) in [4.78, 5) is 24.3. The van der Waals surface area contributed by atoms with Crippen molar-refractivity contribution in [3.63, 3.8) is 0 Å². The minimum Gasteiger partial charge on any atom is -0.449 e. The van der Waals surface area contributed by atoms with Crippen LogP contribution in [0.2, 0.25) is 5.02 Å². The second-order valence-corrected chi connectivity index (χ2v) is 6.46. The standard InChI is InChI=1S/C20H20ClF2NO3/c1-3-13(14-7-5-4-6-8-14)11-24-19(25)12(2)27-20(26)15-9-17(22)18(23)10-16(15)21/h4-10,12-13H,3,11H2,1-2H3,(H,24,25)/t12-,13+/m1/s1. The first-order valence-corrected chi connectivity index (χ1v) is 8.89. The zero-order valence-corrected chi connectivity index (χ0v) is 15.7. The van der Waals surface area contributed by atoms with Gasteiger partial charge in [0.1, 0.15) is 0 Å². The van der Waals surface area contributed by atoms with E-state index in [0.717, 1.165) is 12.0 Å². The zero-order valence-electron chi connectivity index (χ0n) is 15.0. The number of hydrogen-bond donors (Lipinski definition) is 1. The van der Waals surface area contributed by atoms with Crippen LogP contribution in [0.5, 0.6) is 0 Å². The van der Waals surface area contributed by atoms with E-state index in [-0.39, 0.29) is 16.5 Å². The van der Waals surface area contributed by atoms with Crippen LogP contribution in [0.3, 0.4) is 0 Å². The third kappa shape index (κ3) is 5.50. The van der Waals surface area contributed by atoms with Crippen molar-refractivity contribution in [1.29, 1.82) is 0 Å². The number of rotatable bonds is 7. The van der Waals surface area contributed by atoms with Crippen molar-refractivity contribution in [2.24, 2.45) is 0 Å². The lowest BCUT2D eigenvalue weighted by molar-refractivity contribution is -0.129. The number of amides is 1. The molecule has 2 rings (SSSR count). The number of halogens is 3. The second-order valence-electron chi connectivity index (χ2n) is 6.05. The number of nitrogens with one attached hydrogen (secondary N) is 1. The van der Waals surface area contributed by atoms with Gasteiger partial charge in [0, 0.05) is 12.5 Å². The minimum atomic E-state index is -1.22. The number of carbonyl (C=O) groups excluding carboxylic acids is 2. The van der Waals surface area contributed by atoms with Crippen molar-refractivity contribution < 1.29 is 23.1 Å². The molecule has 0 aliphatic heterocycles. The van der Waals surface area contributed by atoms with Gasteiger partial charge in [0.05, 0.1) is 10.6 Å². The number of esters is 1. The molecular formula is C20H20ClF2NO3. The highest BCUT2D eigenvalue weighted by Crippen LogP contribution is 2.21. The van der Waals surface area contributed by atoms with Crippen molar-refractivity contribution in [1.82, 2.24) is 5.32 Å². The molecule has 4 nitrogen and oxygen atoms in total. The molecule has 2 atom stereocenters. The van der Waals surface area contributed by atoms with Crippen molar-refractivity contribution >= 4 is 23.5 Å². The van der Waals surface area contributed by atoms with E-state index in [9.17, 15) is 18.4 Å². The lowest BCUT2D eigenvalue weighted by atomic mass is 9.96. The van der Waals surface area contributed by atoms with Crippen LogP contribution < -0.4 is 5.32 Å². The van der Waals surface area contributed by atoms with Gasteiger partial charge >= 0.3 is 5.97 Å². The molecule has 0 radical (unpaired) electrons. The molecule has 0 saturated heterocycles. The first-order chi connectivity index (χ1) is 12.8. The zero-order chi connectivity index (χ0) is 20.0. The number of benzene rings is 2. The Kier molecular flexibility index (Phi) is 7.30. The largest absolute Gasteiger partial charge is 0.449 e. The van der Waals surface area contributed by atoms with Gasteiger partial charge in [-0.1, -0.05) is 48.9 Å². The van der Waals surface area contributed by atoms with Gasteiger partial charge < -0.3 is 10.1 Å². The van der Waals surface area contributed by atoms with E-state index in [1.54, 1.807) is 0 Å². The van der Waals surface area contributed by atoms with Gasteiger partial charge in [-0.2, -0.15) is 0 Å². The van der Waals surface area contributed by atoms with Gasteiger partial charge in [-0.15, -0.1) is 0 Å². The summed E-state index contributed by atoms with van der Waals surface area (Å²) in [7, 11) is 0. The maximum atomic E-state index is 13.3. The summed E-state index contributed by atoms with van der Waals surface area (Å²) in [5, 5.41) is 2.45. The highest BCUT2D eigenvalue weighted by molar-refractivity contribution is 6.33. The van der Waals surface area contributed by atoms with E-state index in [2.05, 4.69) is 5.32 Å². The summed E-state index contributed by atoms with van der Waals surface area (Å²) in [5.74, 6) is -3.77. The van der Waals surface area contributed by atoms with Crippen LogP contribution in [0.25, 0.3) is 0 Å². The van der Waals surface area contributed by atoms with E-state index in [1.807, 2.05) is 37.3 Å². The van der Waals surface area contributed by atoms with Crippen molar-refractivity contribution in [3.05, 3.63) is 70.2 Å². The number of carbonyl (C=O) groups is 2. The third-order valence-electron chi connectivity index (χ3n) is 4.17. The molecule has 7 heteroatoms. The predicted octanol–water partition coefficient (Wildman–Crippen LogP) is 4.47. The highest BCUT2D eigenvalue weighted by Gasteiger charge is 2.23. The molecule has 0 aliphatic carbocycles. The summed E-state index contributed by atoms with van der Waals surface area (Å²) in [6, 6.07) is 11.1. The summed E-state index contributed by atoms with van der Waals surface area (Å²) in [5.41, 5.74) is 0.754. The number of ether oxygens (including phenoxy) is 1. The Bertz CT molecular complexity index is 814. The smallest absolute Gasteiger partial charge is 0.340 e. The molecule has 0 spiro atoms. The van der Waals surface area contributed by atoms with Crippen molar-refractivity contribution in [2.45, 2.75) is 32.3 Å². The van der Waals surface area contributed by atoms with Gasteiger partial charge in [0.25, 0.3) is 5.91 Å². The average molecular weight is 396 g/mol. The molecular weight excluding hydrogens is 376 g/mol. The van der Waals surface area contributed by atoms with E-state index in [4.69, 9.17) is 16.3 Å². The van der Waals surface area contributed by atoms with Crippen LogP contribution in [0.1, 0.15) is 42.1 Å². The van der Waals surface area contributed by atoms with E-state index >= 15 is 0 Å². The molecule has 2 aromatic carbocycles. The molecule has 0 aliphatic rings. The number of hydrogen-bond acceptors (Lipinski definition) is 3. The van der Waals surface area contributed by atoms with Gasteiger partial charge in [-0.05, 0) is 31.0 Å². The van der Waals surface area contributed by atoms with E-state index < -0.39 is 29.6 Å². The fraction of sp³-hybridized carbons (Fsp3) is 0.300. The van der Waals surface area contributed by atoms with Crippen LogP contribution in [0.15, 0.2) is 42.5 Å². The lowest BCUT2D eigenvalue weighted by Gasteiger charge is -2.18. The Morgan fingerprint density at radius 3 is 2.41 bits per heavy atom. The van der Waals surface area contributed by atoms with Crippen LogP contribution in [0.4, 0.5) is 8.78 Å². The van der Waals surface area contributed by atoms with E-state index in [1.165, 1.54) is 6.92 Å². The van der Waals surface area contributed by atoms with Crippen LogP contribution >= 0.6 is 11.6 Å². The first-order valence-electron chi connectivity index (χ1n) is 8.51. The molecule has 0 saturated carbocycles. The highest BCUT2D eigenvalue weighted by atomic mass is 35.5. The molecule has 144 valence electrons. The Balaban J connectivity index is 1.95. The van der Waals surface area contributed by atoms with Crippen LogP contribution in [-0.2, 0) is 9.53 Å². The van der Waals surface area contributed by atoms with Crippen LogP contribution in [-0.4, -0.2) is 24.5 Å². The van der Waals surface area contributed by atoms with Crippen molar-refractivity contribution in [2.75, 3.05) is 6.54 Å². The lowest BCUT2D eigenvalue weighted by Crippen LogP contribution is -2.38. The molecule has 0 unspecified atom stereocenters. The quantitative estimate of drug-likeness (QED) is 0.555. The fourth-order valence-electron chi connectivity index (χ4n) is 2.55. The minimum absolute atomic E-state index is 0.124. The normalized spacial score (nSPS) is 12.9. The Morgan fingerprint density at radius 2 is 1.78 bits per heavy atom. The SMILES string of the molecule is CC[C@@H](CNC(=O)[C@@H](C)OC(=O)c1cc(F)c(F)cc1Cl)c1ccccc1. The van der Waals surface area contributed by atoms with Gasteiger partial charge in [-0.25, -0.2) is 13.6 Å². The first kappa shape index (κ1) is 20.8. The fourth-order valence-corrected chi connectivity index (χ4v) is 2.77. The second kappa shape index (κ2) is 9.46. The third-order valence-corrected chi connectivity index (χ3v) is 4.48. The van der Waals surface area contributed by atoms with E-state index in [0.29, 0.717) is 18.7 Å². The van der Waals surface area contributed by atoms with Gasteiger partial charge in [0.15, 0.2) is 17.7 Å². The summed E-state index contributed by atoms with van der Waals surface area (Å²) < 4.78 is 31.4. The summed E-state index contributed by atoms with van der Waals surface area (Å²) in [6.07, 6.45) is -0.293. The molecule has 1 N–H and O–H groups in total. The van der Waals surface area contributed by atoms with Crippen molar-refractivity contribution in [3.8, 4) is 0 Å². The molecule has 0 fully saturated rings. The summed E-state index contributed by atoms with van der Waals surface area (Å²) in [6.45, 7) is 3.79. The molecule has 2 aromatic rings. The Morgan fingerprint density at radius 1 is 1.15 bits per heavy atom. The maximum absolute atomic E-state index is 13.3. The topological polar surface area (TPSA) is 55.4 Å². The molecule has 0 aromatic heterocycles. The predicted molar refractivity (Wildman–Crippen MR) is 98.7 cm³/mol. The molecule has 27 heavy (non-hydrogen) atoms. The molecule has 1 amide bonds. The monoisotopic (exact) mass is 395 g/mol. The molecule has 0 heterocycles. The van der Waals surface area contributed by atoms with Crippen LogP contribution in [0, 0.1) is 11.6 Å². The van der Waals surface area contributed by atoms with Gasteiger partial charge in [-0.3, -0.25) is 4.79 Å². The Labute approximate surface area is 161 Å². The molecule has 0 bridgehead atoms. The average Bonchev–Trinajstić information content (AvgIpc) is 2.65. The Hall–Kier alpha value is -2.47. The summed E-state index contributed by atoms with van der Waals surface area (Å²) >= 11 is 5.74. The maximum Gasteiger partial charge on any atom is 0.340 e. The van der Waals surface area contributed by atoms with Gasteiger partial charge in [0.2, 0.25) is 0 Å².